The highest BCUT2D eigenvalue weighted by molar-refractivity contribution is 7.00. The molecule has 0 fully saturated rings. The fraction of sp³-hybridized carbons (Fsp3) is 0.210. The van der Waals surface area contributed by atoms with Crippen LogP contribution < -0.4 is 26.2 Å². The largest absolute Gasteiger partial charge is 0.311 e. The second kappa shape index (κ2) is 24.0. The summed E-state index contributed by atoms with van der Waals surface area (Å²) in [4.78, 5) is 4.99. The molecule has 0 unspecified atom stereocenters. The van der Waals surface area contributed by atoms with Gasteiger partial charge < -0.3 is 23.5 Å². The molecule has 107 heavy (non-hydrogen) atoms. The summed E-state index contributed by atoms with van der Waals surface area (Å²) in [7, 11) is 0. The van der Waals surface area contributed by atoms with Gasteiger partial charge in [-0.15, -0.1) is 0 Å². The number of aryl methyl sites for hydroxylation is 1. The molecule has 0 aliphatic carbocycles. The van der Waals surface area contributed by atoms with Gasteiger partial charge in [0.2, 0.25) is 0 Å². The number of hydrogen-bond acceptors (Lipinski definition) is 3. The first-order valence-corrected chi connectivity index (χ1v) is 37.9. The predicted octanol–water partition coefficient (Wildman–Crippen LogP) is 25.1. The molecule has 0 saturated carbocycles. The summed E-state index contributed by atoms with van der Waals surface area (Å²) in [6.45, 7) is 31.9. The molecule has 0 amide bonds. The Morgan fingerprint density at radius 2 is 0.664 bits per heavy atom. The molecule has 2 aliphatic rings. The van der Waals surface area contributed by atoms with Crippen LogP contribution in [0.1, 0.15) is 147 Å². The van der Waals surface area contributed by atoms with Gasteiger partial charge in [-0.2, -0.15) is 5.26 Å². The monoisotopic (exact) mass is 1390 g/mol. The van der Waals surface area contributed by atoms with Gasteiger partial charge in [0.15, 0.2) is 0 Å². The zero-order chi connectivity index (χ0) is 76.8. The average Bonchev–Trinajstić information content (AvgIpc) is 0.798. The Bertz CT molecular complexity index is 6360. The predicted molar refractivity (Wildman–Crippen MR) is 457 cm³/mol. The van der Waals surface area contributed by atoms with Gasteiger partial charge in [0.05, 0.1) is 44.4 Å². The molecule has 0 N–H and O–H groups in total. The number of nitriles is 1. The topological polar surface area (TPSA) is 45.1 Å². The molecule has 3 aromatic heterocycles. The van der Waals surface area contributed by atoms with Crippen LogP contribution in [0.4, 0.5) is 34.1 Å². The van der Waals surface area contributed by atoms with Gasteiger partial charge in [-0.05, 0) is 234 Å². The number of para-hydroxylation sites is 2. The van der Waals surface area contributed by atoms with Gasteiger partial charge in [-0.25, -0.2) is 0 Å². The van der Waals surface area contributed by atoms with Crippen LogP contribution in [0.25, 0.3) is 105 Å². The third kappa shape index (κ3) is 10.9. The maximum absolute atomic E-state index is 12.0. The van der Waals surface area contributed by atoms with E-state index in [1.54, 1.807) is 12.1 Å². The molecule has 16 aromatic rings. The first-order chi connectivity index (χ1) is 52.3. The number of fused-ring (bicyclic) bond motifs is 13. The lowest BCUT2D eigenvalue weighted by Gasteiger charge is -2.45. The molecule has 0 bridgehead atoms. The Morgan fingerprint density at radius 1 is 0.290 bits per heavy atom. The Morgan fingerprint density at radius 3 is 1.08 bits per heavy atom. The van der Waals surface area contributed by atoms with E-state index in [0.29, 0.717) is 11.1 Å². The second-order valence-corrected chi connectivity index (χ2v) is 35.3. The molecule has 5 heterocycles. The van der Waals surface area contributed by atoms with E-state index >= 15 is 0 Å². The number of nitrogens with zero attached hydrogens (tertiary/aromatic N) is 6. The van der Waals surface area contributed by atoms with E-state index in [1.165, 1.54) is 43.8 Å². The lowest BCUT2D eigenvalue weighted by atomic mass is 9.33. The lowest BCUT2D eigenvalue weighted by Crippen LogP contribution is -2.61. The summed E-state index contributed by atoms with van der Waals surface area (Å²) in [5.41, 5.74) is 28.9. The van der Waals surface area contributed by atoms with E-state index in [0.717, 1.165) is 139 Å². The average molecular weight is 1390 g/mol. The van der Waals surface area contributed by atoms with Crippen molar-refractivity contribution in [2.75, 3.05) is 9.80 Å². The minimum atomic E-state index is -2.27. The maximum Gasteiger partial charge on any atom is 0.252 e. The zero-order valence-corrected chi connectivity index (χ0v) is 64.1. The van der Waals surface area contributed by atoms with E-state index in [-0.39, 0.29) is 28.4 Å². The van der Waals surface area contributed by atoms with Crippen molar-refractivity contribution in [1.82, 2.24) is 13.7 Å². The Kier molecular flexibility index (Phi) is 14.3. The van der Waals surface area contributed by atoms with Crippen LogP contribution in [0.3, 0.4) is 0 Å². The quantitative estimate of drug-likeness (QED) is 0.149. The number of hydrogen-bond donors (Lipinski definition) is 0. The minimum Gasteiger partial charge on any atom is -0.311 e. The van der Waals surface area contributed by atoms with E-state index in [1.807, 2.05) is 18.2 Å². The van der Waals surface area contributed by atoms with Crippen molar-refractivity contribution in [3.8, 4) is 45.4 Å². The Balaban J connectivity index is 0.975. The molecule has 6 nitrogen and oxygen atoms in total. The molecule has 0 radical (unpaired) electrons. The number of aromatic nitrogens is 3. The first-order valence-electron chi connectivity index (χ1n) is 39.4. The van der Waals surface area contributed by atoms with Gasteiger partial charge in [-0.3, -0.25) is 0 Å². The third-order valence-corrected chi connectivity index (χ3v) is 23.1. The standard InChI is InChI=1S/C100H91BN6/c1-61-30-32-63(33-31-61)66-48-65(62-24-18-17-19-25-62)49-75(50-66)106-91-58-73(104-86-44-35-67(96(2,3)4)51-78(86)79-52-68(97(5,6)7)36-45-87(79)104)40-42-82(91)101-83-43-41-74(105-88-46-37-69(98(8,9)10)53-80(88)81-54-70(99(11,12)13)38-47-89(81)105)59-92(83)107(94-56-71(100(14,15)16)55-93(106)95(94)101)90-57-72(39-34-64(90)60-102)103-84-28-22-20-26-76(84)77-27-21-23-29-85(77)103/h17-59H,1-16H3/i1D3. The molecular weight excluding hydrogens is 1300 g/mol. The van der Waals surface area contributed by atoms with Gasteiger partial charge in [0, 0.05) is 81.9 Å². The Hall–Kier alpha value is -11.6. The van der Waals surface area contributed by atoms with Crippen molar-refractivity contribution in [1.29, 1.82) is 5.26 Å². The fourth-order valence-corrected chi connectivity index (χ4v) is 17.2. The van der Waals surface area contributed by atoms with Crippen molar-refractivity contribution in [2.45, 2.75) is 138 Å². The van der Waals surface area contributed by atoms with Crippen molar-refractivity contribution in [2.24, 2.45) is 0 Å². The maximum atomic E-state index is 12.0. The molecule has 524 valence electrons. The molecule has 0 spiro atoms. The van der Waals surface area contributed by atoms with E-state index in [9.17, 15) is 5.26 Å². The number of benzene rings is 13. The minimum absolute atomic E-state index is 0.0902. The van der Waals surface area contributed by atoms with Gasteiger partial charge >= 0.3 is 0 Å². The highest BCUT2D eigenvalue weighted by atomic mass is 15.2. The fourth-order valence-electron chi connectivity index (χ4n) is 17.2. The van der Waals surface area contributed by atoms with Gasteiger partial charge in [0.25, 0.3) is 6.71 Å². The van der Waals surface area contributed by atoms with Crippen LogP contribution in [-0.2, 0) is 27.1 Å². The normalized spacial score (nSPS) is 13.9. The summed E-state index contributed by atoms with van der Waals surface area (Å²) in [5, 5.41) is 19.1. The van der Waals surface area contributed by atoms with Crippen LogP contribution in [0.2, 0.25) is 0 Å². The van der Waals surface area contributed by atoms with E-state index in [2.05, 4.69) is 364 Å². The summed E-state index contributed by atoms with van der Waals surface area (Å²) in [6, 6.07) is 99.1. The summed E-state index contributed by atoms with van der Waals surface area (Å²) < 4.78 is 32.6. The molecule has 0 saturated heterocycles. The second-order valence-electron chi connectivity index (χ2n) is 35.3. The highest BCUT2D eigenvalue weighted by Crippen LogP contribution is 2.51. The van der Waals surface area contributed by atoms with Gasteiger partial charge in [0.1, 0.15) is 6.07 Å². The zero-order valence-electron chi connectivity index (χ0n) is 67.1. The van der Waals surface area contributed by atoms with E-state index in [4.69, 9.17) is 4.11 Å². The molecule has 13 aromatic carbocycles. The van der Waals surface area contributed by atoms with Crippen molar-refractivity contribution in [3.05, 3.63) is 300 Å². The summed E-state index contributed by atoms with van der Waals surface area (Å²) >= 11 is 0. The molecule has 18 rings (SSSR count). The molecule has 2 aliphatic heterocycles. The molecule has 0 atom stereocenters. The lowest BCUT2D eigenvalue weighted by molar-refractivity contribution is 0.590. The molecular formula is C100H91BN6. The third-order valence-electron chi connectivity index (χ3n) is 23.1. The van der Waals surface area contributed by atoms with Crippen molar-refractivity contribution in [3.63, 3.8) is 0 Å². The highest BCUT2D eigenvalue weighted by Gasteiger charge is 2.46. The van der Waals surface area contributed by atoms with Crippen LogP contribution in [0.5, 0.6) is 0 Å². The number of anilines is 6. The van der Waals surface area contributed by atoms with Crippen molar-refractivity contribution >= 4 is 123 Å². The van der Waals surface area contributed by atoms with Crippen LogP contribution >= 0.6 is 0 Å². The summed E-state index contributed by atoms with van der Waals surface area (Å²) in [5.74, 6) is 0. The SMILES string of the molecule is [2H]C([2H])([2H])c1ccc(-c2cc(-c3ccccc3)cc(N3c4cc(-n5c6ccc(C(C)(C)C)cc6c6cc(C(C)(C)C)ccc65)ccc4B4c5ccc(-n6c7ccc(C(C)(C)C)cc7c7cc(C(C)(C)C)ccc76)cc5N(c5cc(-n6c7ccccc7c7ccccc76)ccc5C#N)c5cc(C(C)(C)C)cc3c54)c2)cc1. The summed E-state index contributed by atoms with van der Waals surface area (Å²) in [6.07, 6.45) is 0. The first kappa shape index (κ1) is 63.9. The van der Waals surface area contributed by atoms with E-state index < -0.39 is 12.3 Å². The van der Waals surface area contributed by atoms with Crippen LogP contribution in [-0.4, -0.2) is 20.4 Å². The smallest absolute Gasteiger partial charge is 0.252 e. The van der Waals surface area contributed by atoms with Gasteiger partial charge in [-0.1, -0.05) is 237 Å². The van der Waals surface area contributed by atoms with Crippen molar-refractivity contribution < 1.29 is 4.11 Å². The molecule has 7 heteroatoms. The number of rotatable bonds is 7. The Labute approximate surface area is 634 Å². The van der Waals surface area contributed by atoms with Crippen LogP contribution in [0, 0.1) is 18.2 Å². The van der Waals surface area contributed by atoms with Crippen LogP contribution in [0.15, 0.2) is 261 Å².